The molecule has 1 fully saturated rings. The highest BCUT2D eigenvalue weighted by Crippen LogP contribution is 2.39. The topological polar surface area (TPSA) is 98.7 Å². The number of primary amides is 1. The number of carbonyl (C=O) groups excluding carboxylic acids is 2. The number of ether oxygens (including phenoxy) is 1. The van der Waals surface area contributed by atoms with Crippen LogP contribution in [-0.4, -0.2) is 38.0 Å². The number of nitrogens with two attached hydrogens (primary N) is 2. The smallest absolute Gasteiger partial charge is 0.253 e. The Bertz CT molecular complexity index is 541. The van der Waals surface area contributed by atoms with Crippen LogP contribution in [0.15, 0.2) is 0 Å². The molecule has 110 valence electrons. The zero-order valence-corrected chi connectivity index (χ0v) is 12.5. The Kier molecular flexibility index (Phi) is 4.29. The second-order valence-electron chi connectivity index (χ2n) is 4.89. The van der Waals surface area contributed by atoms with Gasteiger partial charge in [0, 0.05) is 27.1 Å². The molecule has 1 aliphatic heterocycles. The van der Waals surface area contributed by atoms with E-state index in [-0.39, 0.29) is 23.1 Å². The third-order valence-electron chi connectivity index (χ3n) is 3.49. The van der Waals surface area contributed by atoms with E-state index in [1.807, 2.05) is 4.90 Å². The number of methoxy groups -OCH3 is 1. The van der Waals surface area contributed by atoms with Crippen LogP contribution in [0.4, 0.5) is 10.7 Å². The molecule has 0 aliphatic carbocycles. The van der Waals surface area contributed by atoms with E-state index in [9.17, 15) is 9.59 Å². The summed E-state index contributed by atoms with van der Waals surface area (Å²) in [5, 5.41) is 0.682. The first-order valence-corrected chi connectivity index (χ1v) is 7.28. The van der Waals surface area contributed by atoms with Crippen LogP contribution in [0, 0.1) is 0 Å². The maximum atomic E-state index is 11.7. The van der Waals surface area contributed by atoms with E-state index in [1.54, 1.807) is 7.11 Å². The van der Waals surface area contributed by atoms with Gasteiger partial charge in [-0.2, -0.15) is 0 Å². The molecule has 0 spiro atoms. The molecule has 4 N–H and O–H groups in total. The summed E-state index contributed by atoms with van der Waals surface area (Å²) in [6.45, 7) is 2.91. The first kappa shape index (κ1) is 14.8. The summed E-state index contributed by atoms with van der Waals surface area (Å²) in [4.78, 5) is 25.7. The fourth-order valence-corrected chi connectivity index (χ4v) is 3.63. The Morgan fingerprint density at radius 3 is 2.70 bits per heavy atom. The van der Waals surface area contributed by atoms with Gasteiger partial charge >= 0.3 is 0 Å². The van der Waals surface area contributed by atoms with Gasteiger partial charge in [0.15, 0.2) is 5.78 Å². The quantitative estimate of drug-likeness (QED) is 0.815. The minimum atomic E-state index is -0.596. The molecule has 0 aromatic carbocycles. The van der Waals surface area contributed by atoms with Crippen molar-refractivity contribution in [2.45, 2.75) is 25.9 Å². The van der Waals surface area contributed by atoms with E-state index in [1.165, 1.54) is 18.3 Å². The molecule has 1 saturated heterocycles. The Hall–Kier alpha value is -1.60. The van der Waals surface area contributed by atoms with Crippen molar-refractivity contribution in [1.82, 2.24) is 0 Å². The summed E-state index contributed by atoms with van der Waals surface area (Å²) in [5.74, 6) is -0.748. The predicted molar refractivity (Wildman–Crippen MR) is 79.5 cm³/mol. The van der Waals surface area contributed by atoms with Gasteiger partial charge in [-0.1, -0.05) is 0 Å². The highest BCUT2D eigenvalue weighted by Gasteiger charge is 2.29. The summed E-state index contributed by atoms with van der Waals surface area (Å²) >= 11 is 1.24. The molecule has 20 heavy (non-hydrogen) atoms. The predicted octanol–water partition coefficient (Wildman–Crippen LogP) is 1.25. The third-order valence-corrected chi connectivity index (χ3v) is 4.86. The number of anilines is 2. The van der Waals surface area contributed by atoms with E-state index in [0.29, 0.717) is 16.4 Å². The molecular weight excluding hydrogens is 278 g/mol. The van der Waals surface area contributed by atoms with Crippen molar-refractivity contribution in [2.75, 3.05) is 30.8 Å². The van der Waals surface area contributed by atoms with Crippen LogP contribution in [0.2, 0.25) is 0 Å². The number of hydrogen-bond acceptors (Lipinski definition) is 6. The number of thiophene rings is 1. The van der Waals surface area contributed by atoms with Crippen LogP contribution >= 0.6 is 11.3 Å². The van der Waals surface area contributed by atoms with Gasteiger partial charge in [-0.25, -0.2) is 0 Å². The zero-order valence-electron chi connectivity index (χ0n) is 11.6. The largest absolute Gasteiger partial charge is 0.397 e. The van der Waals surface area contributed by atoms with Crippen LogP contribution in [-0.2, 0) is 4.74 Å². The molecule has 2 heterocycles. The Balaban J connectivity index is 2.42. The van der Waals surface area contributed by atoms with Crippen LogP contribution < -0.4 is 16.4 Å². The van der Waals surface area contributed by atoms with E-state index >= 15 is 0 Å². The van der Waals surface area contributed by atoms with Gasteiger partial charge in [0.1, 0.15) is 5.00 Å². The molecule has 1 aromatic rings. The fraction of sp³-hybridized carbons (Fsp3) is 0.538. The Morgan fingerprint density at radius 1 is 1.45 bits per heavy atom. The van der Waals surface area contributed by atoms with Gasteiger partial charge in [0.25, 0.3) is 5.91 Å². The lowest BCUT2D eigenvalue weighted by molar-refractivity contribution is 0.0892. The average molecular weight is 297 g/mol. The highest BCUT2D eigenvalue weighted by atomic mass is 32.1. The van der Waals surface area contributed by atoms with Gasteiger partial charge in [-0.05, 0) is 12.8 Å². The summed E-state index contributed by atoms with van der Waals surface area (Å²) < 4.78 is 5.38. The monoisotopic (exact) mass is 297 g/mol. The number of carbonyl (C=O) groups is 2. The van der Waals surface area contributed by atoms with Crippen molar-refractivity contribution in [1.29, 1.82) is 0 Å². The number of rotatable bonds is 4. The number of ketones is 1. The Labute approximate surface area is 121 Å². The van der Waals surface area contributed by atoms with Crippen LogP contribution in [0.1, 0.15) is 39.8 Å². The molecule has 6 nitrogen and oxygen atoms in total. The highest BCUT2D eigenvalue weighted by molar-refractivity contribution is 7.19. The van der Waals surface area contributed by atoms with Crippen LogP contribution in [0.25, 0.3) is 0 Å². The van der Waals surface area contributed by atoms with Crippen molar-refractivity contribution < 1.29 is 14.3 Å². The van der Waals surface area contributed by atoms with Gasteiger partial charge in [-0.3, -0.25) is 9.59 Å². The molecule has 7 heteroatoms. The lowest BCUT2D eigenvalue weighted by Crippen LogP contribution is -2.39. The molecule has 0 bridgehead atoms. The van der Waals surface area contributed by atoms with E-state index in [4.69, 9.17) is 16.2 Å². The van der Waals surface area contributed by atoms with E-state index in [0.717, 1.165) is 19.4 Å². The summed E-state index contributed by atoms with van der Waals surface area (Å²) in [6, 6.07) is 0. The lowest BCUT2D eigenvalue weighted by atomic mass is 10.1. The lowest BCUT2D eigenvalue weighted by Gasteiger charge is -2.33. The standard InChI is InChI=1S/C13H19N3O3S/c1-7(17)11-10(14)9(12(15)18)13(20-11)16-5-3-4-8(6-16)19-2/h8H,3-6,14H2,1-2H3,(H2,15,18). The fourth-order valence-electron chi connectivity index (χ4n) is 2.47. The second kappa shape index (κ2) is 5.80. The maximum Gasteiger partial charge on any atom is 0.253 e. The molecule has 1 aliphatic rings. The van der Waals surface area contributed by atoms with Crippen molar-refractivity contribution in [3.8, 4) is 0 Å². The van der Waals surface area contributed by atoms with Gasteiger partial charge in [0.2, 0.25) is 0 Å². The molecule has 1 atom stereocenters. The van der Waals surface area contributed by atoms with Crippen molar-refractivity contribution in [3.63, 3.8) is 0 Å². The minimum Gasteiger partial charge on any atom is -0.397 e. The summed E-state index contributed by atoms with van der Waals surface area (Å²) in [5.41, 5.74) is 11.8. The number of nitrogens with zero attached hydrogens (tertiary/aromatic N) is 1. The number of hydrogen-bond donors (Lipinski definition) is 2. The molecule has 0 saturated carbocycles. The maximum absolute atomic E-state index is 11.7. The first-order valence-electron chi connectivity index (χ1n) is 6.46. The average Bonchev–Trinajstić information content (AvgIpc) is 2.76. The normalized spacial score (nSPS) is 19.1. The molecule has 1 unspecified atom stereocenters. The van der Waals surface area contributed by atoms with Crippen molar-refractivity contribution in [3.05, 3.63) is 10.4 Å². The molecule has 1 amide bonds. The number of Topliss-reactive ketones (excluding diaryl/α,β-unsaturated/α-hetero) is 1. The third kappa shape index (κ3) is 2.64. The number of piperidine rings is 1. The van der Waals surface area contributed by atoms with Crippen molar-refractivity contribution in [2.24, 2.45) is 5.73 Å². The van der Waals surface area contributed by atoms with Gasteiger partial charge < -0.3 is 21.1 Å². The molecular formula is C13H19N3O3S. The van der Waals surface area contributed by atoms with Crippen LogP contribution in [0.5, 0.6) is 0 Å². The zero-order chi connectivity index (χ0) is 14.9. The SMILES string of the molecule is COC1CCCN(c2sc(C(C)=O)c(N)c2C(N)=O)C1. The summed E-state index contributed by atoms with van der Waals surface area (Å²) in [7, 11) is 1.67. The minimum absolute atomic E-state index is 0.119. The molecule has 1 aromatic heterocycles. The number of amides is 1. The first-order chi connectivity index (χ1) is 9.45. The Morgan fingerprint density at radius 2 is 2.15 bits per heavy atom. The van der Waals surface area contributed by atoms with Gasteiger partial charge in [0.05, 0.1) is 22.2 Å². The second-order valence-corrected chi connectivity index (χ2v) is 5.89. The van der Waals surface area contributed by atoms with Crippen LogP contribution in [0.3, 0.4) is 0 Å². The van der Waals surface area contributed by atoms with E-state index in [2.05, 4.69) is 0 Å². The molecule has 0 radical (unpaired) electrons. The number of nitrogen functional groups attached to an aromatic ring is 1. The molecule has 2 rings (SSSR count). The van der Waals surface area contributed by atoms with Gasteiger partial charge in [-0.15, -0.1) is 11.3 Å². The summed E-state index contributed by atoms with van der Waals surface area (Å²) in [6.07, 6.45) is 2.07. The van der Waals surface area contributed by atoms with Crippen molar-refractivity contribution >= 4 is 33.7 Å². The van der Waals surface area contributed by atoms with E-state index < -0.39 is 5.91 Å².